The maximum atomic E-state index is 13.3. The molecule has 0 fully saturated rings. The Balaban J connectivity index is 1.56. The Kier molecular flexibility index (Phi) is 7.73. The third-order valence-corrected chi connectivity index (χ3v) is 7.53. The van der Waals surface area contributed by atoms with Gasteiger partial charge in [0.25, 0.3) is 15.9 Å². The Morgan fingerprint density at radius 3 is 2.50 bits per heavy atom. The highest BCUT2D eigenvalue weighted by atomic mass is 35.5. The fourth-order valence-corrected chi connectivity index (χ4v) is 5.31. The second-order valence-corrected chi connectivity index (χ2v) is 10.1. The molecule has 0 saturated heterocycles. The topological polar surface area (TPSA) is 101 Å². The molecule has 4 rings (SSSR count). The van der Waals surface area contributed by atoms with Crippen LogP contribution >= 0.6 is 23.2 Å². The number of benzene rings is 3. The summed E-state index contributed by atoms with van der Waals surface area (Å²) in [5.74, 6) is -0.0337. The van der Waals surface area contributed by atoms with Crippen LogP contribution in [0.5, 0.6) is 5.75 Å². The van der Waals surface area contributed by atoms with Gasteiger partial charge in [-0.05, 0) is 42.5 Å². The Morgan fingerprint density at radius 1 is 1.06 bits per heavy atom. The number of rotatable bonds is 8. The second-order valence-electron chi connectivity index (χ2n) is 7.50. The molecule has 0 aliphatic carbocycles. The van der Waals surface area contributed by atoms with E-state index in [0.717, 1.165) is 9.69 Å². The summed E-state index contributed by atoms with van der Waals surface area (Å²) < 4.78 is 32.8. The minimum atomic E-state index is -4.09. The Hall–Kier alpha value is -3.66. The third kappa shape index (κ3) is 5.59. The van der Waals surface area contributed by atoms with Gasteiger partial charge in [-0.1, -0.05) is 53.5 Å². The monoisotopic (exact) mass is 542 g/mol. The van der Waals surface area contributed by atoms with E-state index >= 15 is 0 Å². The number of aromatic nitrogens is 1. The molecule has 0 bridgehead atoms. The van der Waals surface area contributed by atoms with Crippen molar-refractivity contribution in [1.82, 2.24) is 10.4 Å². The van der Waals surface area contributed by atoms with E-state index in [1.165, 1.54) is 24.4 Å². The number of para-hydroxylation sites is 1. The molecule has 36 heavy (non-hydrogen) atoms. The lowest BCUT2D eigenvalue weighted by molar-refractivity contribution is -0.119. The molecule has 0 unspecified atom stereocenters. The highest BCUT2D eigenvalue weighted by Gasteiger charge is 2.28. The molecule has 1 amide bonds. The molecule has 184 valence electrons. The van der Waals surface area contributed by atoms with Crippen LogP contribution in [0.15, 0.2) is 88.9 Å². The predicted octanol–water partition coefficient (Wildman–Crippen LogP) is 4.90. The van der Waals surface area contributed by atoms with Gasteiger partial charge < -0.3 is 4.74 Å². The lowest BCUT2D eigenvalue weighted by Crippen LogP contribution is -2.39. The summed E-state index contributed by atoms with van der Waals surface area (Å²) in [5, 5.41) is 5.10. The minimum absolute atomic E-state index is 0.0203. The zero-order chi connectivity index (χ0) is 25.7. The first-order valence-corrected chi connectivity index (χ1v) is 12.8. The van der Waals surface area contributed by atoms with Crippen LogP contribution in [0, 0.1) is 0 Å². The predicted molar refractivity (Wildman–Crippen MR) is 141 cm³/mol. The molecule has 0 saturated carbocycles. The van der Waals surface area contributed by atoms with Crippen LogP contribution in [0.4, 0.5) is 5.69 Å². The Bertz CT molecular complexity index is 1550. The van der Waals surface area contributed by atoms with Crippen molar-refractivity contribution in [3.63, 3.8) is 0 Å². The standard InChI is InChI=1S/C25H20Cl2N4O4S/c1-35-19-12-11-17-13-18(25(27)29-22(17)14-19)15-28-30-24(32)16-31(23-10-6-5-9-21(23)26)36(33,34)20-7-3-2-4-8-20/h2-15H,16H2,1H3,(H,30,32)/b28-15-. The van der Waals surface area contributed by atoms with E-state index < -0.39 is 22.5 Å². The average molecular weight is 543 g/mol. The number of fused-ring (bicyclic) bond motifs is 1. The van der Waals surface area contributed by atoms with Crippen molar-refractivity contribution < 1.29 is 17.9 Å². The first kappa shape index (κ1) is 25.4. The van der Waals surface area contributed by atoms with Crippen molar-refractivity contribution >= 4 is 61.9 Å². The summed E-state index contributed by atoms with van der Waals surface area (Å²) in [7, 11) is -2.53. The fourth-order valence-electron chi connectivity index (χ4n) is 3.37. The number of hydrogen-bond acceptors (Lipinski definition) is 6. The van der Waals surface area contributed by atoms with Crippen molar-refractivity contribution in [2.24, 2.45) is 5.10 Å². The number of hydrazone groups is 1. The molecule has 4 aromatic rings. The van der Waals surface area contributed by atoms with E-state index in [1.807, 2.05) is 6.07 Å². The molecule has 0 radical (unpaired) electrons. The van der Waals surface area contributed by atoms with E-state index in [9.17, 15) is 13.2 Å². The summed E-state index contributed by atoms with van der Waals surface area (Å²) in [6, 6.07) is 21.3. The maximum absolute atomic E-state index is 13.3. The first-order valence-electron chi connectivity index (χ1n) is 10.6. The van der Waals surface area contributed by atoms with Crippen LogP contribution in [0.25, 0.3) is 10.9 Å². The van der Waals surface area contributed by atoms with Crippen molar-refractivity contribution in [2.75, 3.05) is 18.0 Å². The number of methoxy groups -OCH3 is 1. The molecule has 0 spiro atoms. The van der Waals surface area contributed by atoms with E-state index in [-0.39, 0.29) is 20.8 Å². The molecular formula is C25H20Cl2N4O4S. The summed E-state index contributed by atoms with van der Waals surface area (Å²) in [5.41, 5.74) is 3.62. The second kappa shape index (κ2) is 10.9. The number of hydrogen-bond donors (Lipinski definition) is 1. The van der Waals surface area contributed by atoms with Crippen LogP contribution in [0.1, 0.15) is 5.56 Å². The van der Waals surface area contributed by atoms with Crippen molar-refractivity contribution in [1.29, 1.82) is 0 Å². The Labute approximate surface area is 218 Å². The molecule has 3 aromatic carbocycles. The number of anilines is 1. The number of sulfonamides is 1. The Morgan fingerprint density at radius 2 is 1.78 bits per heavy atom. The zero-order valence-electron chi connectivity index (χ0n) is 18.9. The molecule has 8 nitrogen and oxygen atoms in total. The van der Waals surface area contributed by atoms with Gasteiger partial charge in [-0.3, -0.25) is 9.10 Å². The van der Waals surface area contributed by atoms with Crippen molar-refractivity contribution in [3.8, 4) is 5.75 Å². The van der Waals surface area contributed by atoms with Crippen LogP contribution in [-0.4, -0.2) is 39.2 Å². The molecule has 0 aliphatic rings. The number of nitrogens with one attached hydrogen (secondary N) is 1. The molecule has 1 aromatic heterocycles. The molecule has 0 atom stereocenters. The van der Waals surface area contributed by atoms with Gasteiger partial charge in [0.05, 0.1) is 34.4 Å². The molecule has 1 N–H and O–H groups in total. The minimum Gasteiger partial charge on any atom is -0.497 e. The van der Waals surface area contributed by atoms with Gasteiger partial charge in [0.15, 0.2) is 0 Å². The number of carbonyl (C=O) groups excluding carboxylic acids is 1. The number of carbonyl (C=O) groups is 1. The molecular weight excluding hydrogens is 523 g/mol. The molecule has 11 heteroatoms. The lowest BCUT2D eigenvalue weighted by Gasteiger charge is -2.24. The van der Waals surface area contributed by atoms with Gasteiger partial charge in [0.2, 0.25) is 0 Å². The number of pyridine rings is 1. The molecule has 0 aliphatic heterocycles. The van der Waals surface area contributed by atoms with E-state index in [1.54, 1.807) is 61.7 Å². The van der Waals surface area contributed by atoms with Crippen LogP contribution in [0.2, 0.25) is 10.2 Å². The van der Waals surface area contributed by atoms with Gasteiger partial charge in [0.1, 0.15) is 17.4 Å². The summed E-state index contributed by atoms with van der Waals surface area (Å²) in [6.07, 6.45) is 1.34. The normalized spacial score (nSPS) is 11.5. The van der Waals surface area contributed by atoms with Gasteiger partial charge >= 0.3 is 0 Å². The third-order valence-electron chi connectivity index (χ3n) is 5.14. The summed E-state index contributed by atoms with van der Waals surface area (Å²) >= 11 is 12.5. The SMILES string of the molecule is COc1ccc2cc(/C=N\NC(=O)CN(c3ccccc3Cl)S(=O)(=O)c3ccccc3)c(Cl)nc2c1. The van der Waals surface area contributed by atoms with Gasteiger partial charge in [-0.2, -0.15) is 5.10 Å². The number of halogens is 2. The highest BCUT2D eigenvalue weighted by Crippen LogP contribution is 2.30. The van der Waals surface area contributed by atoms with Crippen LogP contribution < -0.4 is 14.5 Å². The fraction of sp³-hybridized carbons (Fsp3) is 0.0800. The van der Waals surface area contributed by atoms with Gasteiger partial charge in [-0.25, -0.2) is 18.8 Å². The van der Waals surface area contributed by atoms with Crippen molar-refractivity contribution in [3.05, 3.63) is 94.6 Å². The summed E-state index contributed by atoms with van der Waals surface area (Å²) in [6.45, 7) is -0.554. The molecule has 1 heterocycles. The zero-order valence-corrected chi connectivity index (χ0v) is 21.3. The van der Waals surface area contributed by atoms with E-state index in [0.29, 0.717) is 16.8 Å². The average Bonchev–Trinajstić information content (AvgIpc) is 2.88. The van der Waals surface area contributed by atoms with E-state index in [4.69, 9.17) is 27.9 Å². The van der Waals surface area contributed by atoms with Gasteiger partial charge in [-0.15, -0.1) is 0 Å². The van der Waals surface area contributed by atoms with Crippen LogP contribution in [-0.2, 0) is 14.8 Å². The highest BCUT2D eigenvalue weighted by molar-refractivity contribution is 7.92. The number of nitrogens with zero attached hydrogens (tertiary/aromatic N) is 3. The quantitative estimate of drug-likeness (QED) is 0.194. The smallest absolute Gasteiger partial charge is 0.264 e. The lowest BCUT2D eigenvalue weighted by atomic mass is 10.1. The first-order chi connectivity index (χ1) is 17.3. The largest absolute Gasteiger partial charge is 0.497 e. The summed E-state index contributed by atoms with van der Waals surface area (Å²) in [4.78, 5) is 17.1. The van der Waals surface area contributed by atoms with E-state index in [2.05, 4.69) is 15.5 Å². The maximum Gasteiger partial charge on any atom is 0.264 e. The van der Waals surface area contributed by atoms with Crippen molar-refractivity contribution in [2.45, 2.75) is 4.90 Å². The number of ether oxygens (including phenoxy) is 1. The number of amides is 1. The van der Waals surface area contributed by atoms with Gasteiger partial charge in [0, 0.05) is 17.0 Å². The van der Waals surface area contributed by atoms with Crippen LogP contribution in [0.3, 0.4) is 0 Å².